The summed E-state index contributed by atoms with van der Waals surface area (Å²) in [6, 6.07) is 0. The number of hydrogen-bond donors (Lipinski definition) is 0. The number of allylic oxidation sites excluding steroid dienone is 7. The molecule has 1 fully saturated rings. The molecule has 0 aliphatic heterocycles. The highest BCUT2D eigenvalue weighted by Crippen LogP contribution is 2.55. The minimum atomic E-state index is 0.193. The summed E-state index contributed by atoms with van der Waals surface area (Å²) in [6.07, 6.45) is 4.81. The van der Waals surface area contributed by atoms with Crippen LogP contribution in [0.25, 0.3) is 0 Å². The van der Waals surface area contributed by atoms with Gasteiger partial charge in [0.15, 0.2) is 5.78 Å². The summed E-state index contributed by atoms with van der Waals surface area (Å²) in [4.78, 5) is 11.6. The van der Waals surface area contributed by atoms with Crippen LogP contribution in [0.3, 0.4) is 0 Å². The molecular weight excluding hydrogens is 220 g/mol. The zero-order valence-corrected chi connectivity index (χ0v) is 10.9. The maximum Gasteiger partial charge on any atom is 0.155 e. The van der Waals surface area contributed by atoms with Gasteiger partial charge in [-0.25, -0.2) is 0 Å². The molecule has 2 atom stereocenters. The third-order valence-electron chi connectivity index (χ3n) is 4.64. The molecule has 0 aromatic rings. The Labute approximate surface area is 108 Å². The number of Topliss-reactive ketones (excluding diaryl/α,β-unsaturated/α-hetero) is 1. The van der Waals surface area contributed by atoms with Crippen LogP contribution in [0.15, 0.2) is 59.3 Å². The number of ketones is 1. The van der Waals surface area contributed by atoms with Crippen molar-refractivity contribution >= 4 is 5.78 Å². The van der Waals surface area contributed by atoms with E-state index in [9.17, 15) is 4.79 Å². The number of fused-ring (bicyclic) bond motifs is 2. The van der Waals surface area contributed by atoms with Crippen molar-refractivity contribution in [3.05, 3.63) is 59.3 Å². The summed E-state index contributed by atoms with van der Waals surface area (Å²) in [5.41, 5.74) is 7.38. The van der Waals surface area contributed by atoms with E-state index in [1.165, 1.54) is 22.3 Å². The van der Waals surface area contributed by atoms with Crippen LogP contribution < -0.4 is 0 Å². The van der Waals surface area contributed by atoms with Gasteiger partial charge >= 0.3 is 0 Å². The third kappa shape index (κ3) is 1.37. The SMILES string of the molecule is C=C1C(=C)C2C(=C)CC1C1=C2CC(C(C)=O)=CC1. The lowest BCUT2D eigenvalue weighted by atomic mass is 9.58. The molecule has 92 valence electrons. The predicted octanol–water partition coefficient (Wildman–Crippen LogP) is 3.91. The van der Waals surface area contributed by atoms with Crippen LogP contribution in [0, 0.1) is 11.8 Å². The Morgan fingerprint density at radius 3 is 2.61 bits per heavy atom. The van der Waals surface area contributed by atoms with Gasteiger partial charge in [-0.3, -0.25) is 4.79 Å². The number of carbonyl (C=O) groups is 1. The molecule has 0 aromatic heterocycles. The zero-order valence-electron chi connectivity index (χ0n) is 10.9. The van der Waals surface area contributed by atoms with E-state index in [1.807, 2.05) is 0 Å². The molecule has 18 heavy (non-hydrogen) atoms. The molecule has 1 saturated carbocycles. The first-order valence-corrected chi connectivity index (χ1v) is 6.48. The second kappa shape index (κ2) is 3.68. The molecule has 4 aliphatic rings. The average molecular weight is 238 g/mol. The lowest BCUT2D eigenvalue weighted by Crippen LogP contribution is -2.33. The minimum absolute atomic E-state index is 0.193. The normalized spacial score (nSPS) is 30.5. The van der Waals surface area contributed by atoms with Gasteiger partial charge in [-0.05, 0) is 42.9 Å². The summed E-state index contributed by atoms with van der Waals surface area (Å²) < 4.78 is 0. The van der Waals surface area contributed by atoms with Crippen LogP contribution in [0.2, 0.25) is 0 Å². The highest BCUT2D eigenvalue weighted by atomic mass is 16.1. The summed E-state index contributed by atoms with van der Waals surface area (Å²) in [5.74, 6) is 0.841. The molecule has 2 bridgehead atoms. The molecule has 0 radical (unpaired) electrons. The van der Waals surface area contributed by atoms with E-state index in [0.717, 1.165) is 30.4 Å². The fourth-order valence-electron chi connectivity index (χ4n) is 3.63. The molecule has 0 amide bonds. The van der Waals surface area contributed by atoms with Gasteiger partial charge in [-0.2, -0.15) is 0 Å². The summed E-state index contributed by atoms with van der Waals surface area (Å²) >= 11 is 0. The number of hydrogen-bond acceptors (Lipinski definition) is 1. The summed E-state index contributed by atoms with van der Waals surface area (Å²) in [6.45, 7) is 14.2. The monoisotopic (exact) mass is 238 g/mol. The van der Waals surface area contributed by atoms with Gasteiger partial charge in [0, 0.05) is 11.8 Å². The van der Waals surface area contributed by atoms with Gasteiger partial charge in [0.2, 0.25) is 0 Å². The number of rotatable bonds is 1. The molecule has 1 heteroatoms. The molecule has 4 aliphatic carbocycles. The van der Waals surface area contributed by atoms with Crippen LogP contribution in [0.1, 0.15) is 26.2 Å². The van der Waals surface area contributed by atoms with E-state index in [-0.39, 0.29) is 11.7 Å². The van der Waals surface area contributed by atoms with Crippen LogP contribution in [-0.2, 0) is 4.79 Å². The lowest BCUT2D eigenvalue weighted by molar-refractivity contribution is -0.113. The van der Waals surface area contributed by atoms with Crippen LogP contribution in [-0.4, -0.2) is 5.78 Å². The van der Waals surface area contributed by atoms with E-state index in [1.54, 1.807) is 6.92 Å². The van der Waals surface area contributed by atoms with Crippen molar-refractivity contribution in [3.8, 4) is 0 Å². The van der Waals surface area contributed by atoms with Gasteiger partial charge in [0.1, 0.15) is 0 Å². The van der Waals surface area contributed by atoms with Crippen molar-refractivity contribution < 1.29 is 4.79 Å². The Hall–Kier alpha value is -1.63. The van der Waals surface area contributed by atoms with Crippen molar-refractivity contribution in [2.45, 2.75) is 26.2 Å². The Morgan fingerprint density at radius 1 is 1.22 bits per heavy atom. The predicted molar refractivity (Wildman–Crippen MR) is 74.0 cm³/mol. The van der Waals surface area contributed by atoms with Crippen molar-refractivity contribution in [2.75, 3.05) is 0 Å². The second-order valence-electron chi connectivity index (χ2n) is 5.62. The standard InChI is InChI=1S/C17H18O/c1-9-7-15-10(2)11(3)17(9)16-8-13(12(4)18)5-6-14(15)16/h5,15,17H,1-3,6-8H2,4H3. The quantitative estimate of drug-likeness (QED) is 0.633. The Balaban J connectivity index is 2.06. The van der Waals surface area contributed by atoms with Crippen molar-refractivity contribution in [2.24, 2.45) is 11.8 Å². The average Bonchev–Trinajstić information content (AvgIpc) is 2.34. The van der Waals surface area contributed by atoms with Crippen LogP contribution >= 0.6 is 0 Å². The van der Waals surface area contributed by atoms with Gasteiger partial charge in [0.05, 0.1) is 0 Å². The molecule has 0 saturated heterocycles. The molecule has 0 aromatic carbocycles. The molecule has 2 unspecified atom stereocenters. The van der Waals surface area contributed by atoms with E-state index in [0.29, 0.717) is 5.92 Å². The summed E-state index contributed by atoms with van der Waals surface area (Å²) in [5, 5.41) is 0. The molecule has 0 N–H and O–H groups in total. The first kappa shape index (κ1) is 11.5. The van der Waals surface area contributed by atoms with Crippen LogP contribution in [0.5, 0.6) is 0 Å². The third-order valence-corrected chi connectivity index (χ3v) is 4.64. The van der Waals surface area contributed by atoms with Crippen molar-refractivity contribution in [3.63, 3.8) is 0 Å². The Kier molecular flexibility index (Phi) is 2.34. The van der Waals surface area contributed by atoms with Gasteiger partial charge < -0.3 is 0 Å². The largest absolute Gasteiger partial charge is 0.295 e. The number of carbonyl (C=O) groups excluding carboxylic acids is 1. The van der Waals surface area contributed by atoms with Crippen molar-refractivity contribution in [1.29, 1.82) is 0 Å². The highest BCUT2D eigenvalue weighted by molar-refractivity contribution is 5.94. The first-order chi connectivity index (χ1) is 8.50. The lowest BCUT2D eigenvalue weighted by Gasteiger charge is -2.46. The van der Waals surface area contributed by atoms with E-state index in [4.69, 9.17) is 0 Å². The molecule has 0 spiro atoms. The summed E-state index contributed by atoms with van der Waals surface area (Å²) in [7, 11) is 0. The molecule has 0 heterocycles. The smallest absolute Gasteiger partial charge is 0.155 e. The fourth-order valence-corrected chi connectivity index (χ4v) is 3.63. The minimum Gasteiger partial charge on any atom is -0.295 e. The molecular formula is C17H18O. The van der Waals surface area contributed by atoms with E-state index >= 15 is 0 Å². The van der Waals surface area contributed by atoms with Crippen molar-refractivity contribution in [1.82, 2.24) is 0 Å². The first-order valence-electron chi connectivity index (χ1n) is 6.48. The van der Waals surface area contributed by atoms with Gasteiger partial charge in [0.25, 0.3) is 0 Å². The fraction of sp³-hybridized carbons (Fsp3) is 0.353. The van der Waals surface area contributed by atoms with E-state index < -0.39 is 0 Å². The highest BCUT2D eigenvalue weighted by Gasteiger charge is 2.42. The van der Waals surface area contributed by atoms with Gasteiger partial charge in [-0.15, -0.1) is 0 Å². The van der Waals surface area contributed by atoms with E-state index in [2.05, 4.69) is 25.8 Å². The zero-order chi connectivity index (χ0) is 13.0. The second-order valence-corrected chi connectivity index (χ2v) is 5.62. The Bertz CT molecular complexity index is 568. The maximum absolute atomic E-state index is 11.6. The molecule has 4 rings (SSSR count). The van der Waals surface area contributed by atoms with Crippen LogP contribution in [0.4, 0.5) is 0 Å². The maximum atomic E-state index is 11.6. The molecule has 1 nitrogen and oxygen atoms in total. The van der Waals surface area contributed by atoms with Gasteiger partial charge in [-0.1, -0.05) is 42.5 Å². The Morgan fingerprint density at radius 2 is 1.94 bits per heavy atom. The topological polar surface area (TPSA) is 17.1 Å².